The average molecular weight is 401 g/mol. The van der Waals surface area contributed by atoms with Crippen molar-refractivity contribution in [3.05, 3.63) is 71.8 Å². The molecule has 7 nitrogen and oxygen atoms in total. The lowest BCUT2D eigenvalue weighted by Gasteiger charge is -2.44. The molecule has 2 aromatic carbocycles. The molecule has 0 aromatic heterocycles. The SMILES string of the molecule is CC(=O)N[C@H]1[C@@H](OCc2ccccc2)O[C@H](CO)[C@@H](O)[C@@H]1OCc1ccccc1. The first kappa shape index (κ1) is 21.4. The van der Waals surface area contributed by atoms with Gasteiger partial charge in [0, 0.05) is 6.92 Å². The van der Waals surface area contributed by atoms with E-state index in [2.05, 4.69) is 5.32 Å². The van der Waals surface area contributed by atoms with Crippen molar-refractivity contribution in [1.29, 1.82) is 0 Å². The molecular formula is C22H27NO6. The number of ether oxygens (including phenoxy) is 3. The summed E-state index contributed by atoms with van der Waals surface area (Å²) in [6.45, 7) is 1.47. The number of carbonyl (C=O) groups excluding carboxylic acids is 1. The molecule has 5 atom stereocenters. The Balaban J connectivity index is 1.76. The van der Waals surface area contributed by atoms with E-state index < -0.39 is 37.3 Å². The molecule has 0 unspecified atom stereocenters. The summed E-state index contributed by atoms with van der Waals surface area (Å²) in [5.41, 5.74) is 1.86. The molecule has 3 rings (SSSR count). The van der Waals surface area contributed by atoms with E-state index in [1.54, 1.807) is 0 Å². The topological polar surface area (TPSA) is 97.3 Å². The van der Waals surface area contributed by atoms with E-state index >= 15 is 0 Å². The van der Waals surface area contributed by atoms with Gasteiger partial charge in [0.25, 0.3) is 0 Å². The fourth-order valence-electron chi connectivity index (χ4n) is 3.32. The van der Waals surface area contributed by atoms with Crippen LogP contribution in [-0.4, -0.2) is 53.4 Å². The zero-order chi connectivity index (χ0) is 20.6. The molecule has 0 aliphatic carbocycles. The Bertz CT molecular complexity index is 756. The molecule has 156 valence electrons. The molecule has 3 N–H and O–H groups in total. The first-order valence-electron chi connectivity index (χ1n) is 9.61. The molecule has 7 heteroatoms. The molecule has 2 aromatic rings. The molecule has 0 radical (unpaired) electrons. The normalized spacial score (nSPS) is 26.8. The number of rotatable bonds is 8. The van der Waals surface area contributed by atoms with Crippen molar-refractivity contribution in [3.63, 3.8) is 0 Å². The summed E-state index contributed by atoms with van der Waals surface area (Å²) in [5, 5.41) is 23.1. The highest BCUT2D eigenvalue weighted by Crippen LogP contribution is 2.26. The molecule has 1 aliphatic rings. The van der Waals surface area contributed by atoms with E-state index in [1.807, 2.05) is 60.7 Å². The van der Waals surface area contributed by atoms with Gasteiger partial charge in [-0.15, -0.1) is 0 Å². The van der Waals surface area contributed by atoms with Gasteiger partial charge in [0.2, 0.25) is 5.91 Å². The summed E-state index contributed by atoms with van der Waals surface area (Å²) in [6, 6.07) is 18.3. The third-order valence-corrected chi connectivity index (χ3v) is 4.77. The van der Waals surface area contributed by atoms with E-state index in [0.717, 1.165) is 11.1 Å². The van der Waals surface area contributed by atoms with Crippen LogP contribution >= 0.6 is 0 Å². The van der Waals surface area contributed by atoms with E-state index in [9.17, 15) is 15.0 Å². The fraction of sp³-hybridized carbons (Fsp3) is 0.409. The lowest BCUT2D eigenvalue weighted by molar-refractivity contribution is -0.281. The number of aliphatic hydroxyl groups excluding tert-OH is 2. The van der Waals surface area contributed by atoms with Crippen LogP contribution in [0, 0.1) is 0 Å². The first-order valence-corrected chi connectivity index (χ1v) is 9.61. The monoisotopic (exact) mass is 401 g/mol. The molecule has 1 saturated heterocycles. The zero-order valence-corrected chi connectivity index (χ0v) is 16.3. The number of carbonyl (C=O) groups is 1. The van der Waals surface area contributed by atoms with Crippen molar-refractivity contribution >= 4 is 5.91 Å². The second-order valence-corrected chi connectivity index (χ2v) is 7.00. The lowest BCUT2D eigenvalue weighted by Crippen LogP contribution is -2.65. The van der Waals surface area contributed by atoms with Gasteiger partial charge in [0.05, 0.1) is 19.8 Å². The van der Waals surface area contributed by atoms with E-state index in [-0.39, 0.29) is 19.1 Å². The summed E-state index contributed by atoms with van der Waals surface area (Å²) in [6.07, 6.45) is -3.72. The van der Waals surface area contributed by atoms with Gasteiger partial charge in [-0.2, -0.15) is 0 Å². The molecule has 1 fully saturated rings. The summed E-state index contributed by atoms with van der Waals surface area (Å²) in [5.74, 6) is -0.296. The quantitative estimate of drug-likeness (QED) is 0.618. The third kappa shape index (κ3) is 5.85. The number of hydrogen-bond acceptors (Lipinski definition) is 6. The molecule has 29 heavy (non-hydrogen) atoms. The third-order valence-electron chi connectivity index (χ3n) is 4.77. The molecule has 1 amide bonds. The van der Waals surface area contributed by atoms with Crippen LogP contribution in [0.15, 0.2) is 60.7 Å². The van der Waals surface area contributed by atoms with Crippen LogP contribution in [0.1, 0.15) is 18.1 Å². The minimum Gasteiger partial charge on any atom is -0.394 e. The highest BCUT2D eigenvalue weighted by Gasteiger charge is 2.46. The summed E-state index contributed by atoms with van der Waals surface area (Å²) < 4.78 is 17.6. The number of hydrogen-bond donors (Lipinski definition) is 3. The first-order chi connectivity index (χ1) is 14.1. The predicted octanol–water partition coefficient (Wildman–Crippen LogP) is 1.37. The standard InChI is InChI=1S/C22H27NO6/c1-15(25)23-19-21(27-13-16-8-4-2-5-9-16)20(26)18(12-24)29-22(19)28-14-17-10-6-3-7-11-17/h2-11,18-22,24,26H,12-14H2,1H3,(H,23,25)/t18-,19-,20-,21-,22+/m1/s1. The molecule has 1 heterocycles. The molecule has 0 saturated carbocycles. The van der Waals surface area contributed by atoms with E-state index in [1.165, 1.54) is 6.92 Å². The maximum Gasteiger partial charge on any atom is 0.217 e. The summed E-state index contributed by atoms with van der Waals surface area (Å²) in [4.78, 5) is 11.8. The Labute approximate surface area is 170 Å². The van der Waals surface area contributed by atoms with Crippen molar-refractivity contribution in [2.75, 3.05) is 6.61 Å². The van der Waals surface area contributed by atoms with Crippen LogP contribution < -0.4 is 5.32 Å². The zero-order valence-electron chi connectivity index (χ0n) is 16.3. The van der Waals surface area contributed by atoms with Gasteiger partial charge in [-0.05, 0) is 11.1 Å². The van der Waals surface area contributed by atoms with Crippen LogP contribution in [0.5, 0.6) is 0 Å². The Morgan fingerprint density at radius 2 is 1.55 bits per heavy atom. The Morgan fingerprint density at radius 1 is 1.00 bits per heavy atom. The van der Waals surface area contributed by atoms with Gasteiger partial charge in [-0.3, -0.25) is 4.79 Å². The summed E-state index contributed by atoms with van der Waals surface area (Å²) >= 11 is 0. The van der Waals surface area contributed by atoms with Crippen LogP contribution in [0.25, 0.3) is 0 Å². The maximum atomic E-state index is 11.8. The van der Waals surface area contributed by atoms with Crippen LogP contribution in [0.4, 0.5) is 0 Å². The number of nitrogens with one attached hydrogen (secondary N) is 1. The van der Waals surface area contributed by atoms with Gasteiger partial charge in [0.1, 0.15) is 24.4 Å². The highest BCUT2D eigenvalue weighted by molar-refractivity contribution is 5.73. The van der Waals surface area contributed by atoms with Gasteiger partial charge in [-0.25, -0.2) is 0 Å². The lowest BCUT2D eigenvalue weighted by atomic mass is 9.96. The van der Waals surface area contributed by atoms with Crippen molar-refractivity contribution in [2.45, 2.75) is 50.8 Å². The Morgan fingerprint density at radius 3 is 2.07 bits per heavy atom. The minimum absolute atomic E-state index is 0.238. The van der Waals surface area contributed by atoms with Crippen molar-refractivity contribution in [1.82, 2.24) is 5.32 Å². The van der Waals surface area contributed by atoms with Crippen LogP contribution in [-0.2, 0) is 32.2 Å². The van der Waals surface area contributed by atoms with Gasteiger partial charge in [0.15, 0.2) is 6.29 Å². The van der Waals surface area contributed by atoms with Crippen molar-refractivity contribution in [2.24, 2.45) is 0 Å². The number of amides is 1. The maximum absolute atomic E-state index is 11.8. The predicted molar refractivity (Wildman–Crippen MR) is 106 cm³/mol. The second kappa shape index (κ2) is 10.5. The van der Waals surface area contributed by atoms with Gasteiger partial charge in [-0.1, -0.05) is 60.7 Å². The van der Waals surface area contributed by atoms with Gasteiger partial charge >= 0.3 is 0 Å². The Kier molecular flexibility index (Phi) is 7.74. The minimum atomic E-state index is -1.13. The number of benzene rings is 2. The highest BCUT2D eigenvalue weighted by atomic mass is 16.7. The molecular weight excluding hydrogens is 374 g/mol. The van der Waals surface area contributed by atoms with Gasteiger partial charge < -0.3 is 29.7 Å². The summed E-state index contributed by atoms with van der Waals surface area (Å²) in [7, 11) is 0. The smallest absolute Gasteiger partial charge is 0.217 e. The average Bonchev–Trinajstić information content (AvgIpc) is 2.74. The molecule has 0 bridgehead atoms. The molecule has 0 spiro atoms. The number of aliphatic hydroxyl groups is 2. The van der Waals surface area contributed by atoms with Crippen LogP contribution in [0.3, 0.4) is 0 Å². The largest absolute Gasteiger partial charge is 0.394 e. The Hall–Kier alpha value is -2.29. The molecule has 1 aliphatic heterocycles. The van der Waals surface area contributed by atoms with E-state index in [4.69, 9.17) is 14.2 Å². The van der Waals surface area contributed by atoms with Crippen molar-refractivity contribution in [3.8, 4) is 0 Å². The fourth-order valence-corrected chi connectivity index (χ4v) is 3.32. The van der Waals surface area contributed by atoms with Crippen molar-refractivity contribution < 1.29 is 29.2 Å². The second-order valence-electron chi connectivity index (χ2n) is 7.00. The van der Waals surface area contributed by atoms with E-state index in [0.29, 0.717) is 0 Å². The van der Waals surface area contributed by atoms with Crippen LogP contribution in [0.2, 0.25) is 0 Å².